The smallest absolute Gasteiger partial charge is 0.0242 e. The number of hydrogen-bond donors (Lipinski definition) is 0. The molecule has 0 heterocycles. The summed E-state index contributed by atoms with van der Waals surface area (Å²) in [5.41, 5.74) is 2.45. The number of terminal acetylenes is 1. The van der Waals surface area contributed by atoms with Gasteiger partial charge in [-0.25, -0.2) is 0 Å². The van der Waals surface area contributed by atoms with Crippen molar-refractivity contribution in [1.29, 1.82) is 0 Å². The van der Waals surface area contributed by atoms with Gasteiger partial charge in [-0.2, -0.15) is 0 Å². The molecule has 1 aromatic carbocycles. The average molecular weight is 238 g/mol. The zero-order valence-electron chi connectivity index (χ0n) is 11.1. The molecule has 94 valence electrons. The van der Waals surface area contributed by atoms with Gasteiger partial charge in [-0.05, 0) is 68.1 Å². The van der Waals surface area contributed by atoms with Crippen molar-refractivity contribution in [2.75, 3.05) is 0 Å². The topological polar surface area (TPSA) is 0 Å². The molecule has 0 heteroatoms. The molecule has 0 aromatic heterocycles. The summed E-state index contributed by atoms with van der Waals surface area (Å²) in [7, 11) is 0. The Morgan fingerprint density at radius 3 is 2.39 bits per heavy atom. The maximum absolute atomic E-state index is 5.38. The minimum absolute atomic E-state index is 0.747. The van der Waals surface area contributed by atoms with Gasteiger partial charge in [0.1, 0.15) is 0 Å². The number of hydrogen-bond acceptors (Lipinski definition) is 0. The molecule has 1 aromatic rings. The first kappa shape index (κ1) is 13.0. The molecule has 0 spiro atoms. The maximum atomic E-state index is 5.38. The molecule has 0 bridgehead atoms. The molecule has 0 atom stereocenters. The molecule has 0 N–H and O–H groups in total. The monoisotopic (exact) mass is 238 g/mol. The van der Waals surface area contributed by atoms with Crippen molar-refractivity contribution in [1.82, 2.24) is 0 Å². The second kappa shape index (κ2) is 6.45. The predicted octanol–water partition coefficient (Wildman–Crippen LogP) is 4.91. The lowest BCUT2D eigenvalue weighted by Gasteiger charge is -2.28. The highest BCUT2D eigenvalue weighted by Gasteiger charge is 2.21. The van der Waals surface area contributed by atoms with Gasteiger partial charge in [0.05, 0.1) is 0 Å². The van der Waals surface area contributed by atoms with Crippen molar-refractivity contribution < 1.29 is 0 Å². The molecule has 0 radical (unpaired) electrons. The van der Waals surface area contributed by atoms with Gasteiger partial charge in [-0.15, -0.1) is 13.0 Å². The summed E-state index contributed by atoms with van der Waals surface area (Å²) in [5.74, 6) is 4.35. The zero-order chi connectivity index (χ0) is 12.8. The summed E-state index contributed by atoms with van der Waals surface area (Å²) in [4.78, 5) is 0. The van der Waals surface area contributed by atoms with Crippen molar-refractivity contribution in [3.05, 3.63) is 48.0 Å². The molecular weight excluding hydrogens is 216 g/mol. The van der Waals surface area contributed by atoms with Crippen LogP contribution in [-0.2, 0) is 0 Å². The Labute approximate surface area is 111 Å². The lowest BCUT2D eigenvalue weighted by Crippen LogP contribution is -2.13. The third kappa shape index (κ3) is 3.26. The van der Waals surface area contributed by atoms with Crippen LogP contribution in [0, 0.1) is 18.3 Å². The van der Waals surface area contributed by atoms with Gasteiger partial charge in [0.25, 0.3) is 0 Å². The average Bonchev–Trinajstić information content (AvgIpc) is 2.46. The lowest BCUT2D eigenvalue weighted by molar-refractivity contribution is 0.312. The SMILES string of the molecule is C#Cc1ccc(C2CCC(CCC=C)CC2)cc1. The zero-order valence-corrected chi connectivity index (χ0v) is 11.1. The molecule has 2 rings (SSSR count). The Hall–Kier alpha value is -1.48. The van der Waals surface area contributed by atoms with Crippen LogP contribution in [0.1, 0.15) is 55.6 Å². The predicted molar refractivity (Wildman–Crippen MR) is 78.5 cm³/mol. The number of rotatable bonds is 4. The highest BCUT2D eigenvalue weighted by atomic mass is 14.3. The van der Waals surface area contributed by atoms with E-state index in [1.165, 1.54) is 44.1 Å². The van der Waals surface area contributed by atoms with Crippen LogP contribution in [0.15, 0.2) is 36.9 Å². The second-order valence-electron chi connectivity index (χ2n) is 5.35. The Bertz CT molecular complexity index is 410. The summed E-state index contributed by atoms with van der Waals surface area (Å²) < 4.78 is 0. The first-order chi connectivity index (χ1) is 8.83. The Balaban J connectivity index is 1.88. The van der Waals surface area contributed by atoms with Gasteiger partial charge < -0.3 is 0 Å². The Kier molecular flexibility index (Phi) is 4.65. The van der Waals surface area contributed by atoms with Gasteiger partial charge in [-0.3, -0.25) is 0 Å². The molecule has 1 aliphatic rings. The second-order valence-corrected chi connectivity index (χ2v) is 5.35. The van der Waals surface area contributed by atoms with Crippen LogP contribution in [-0.4, -0.2) is 0 Å². The third-order valence-corrected chi connectivity index (χ3v) is 4.17. The molecule has 0 nitrogen and oxygen atoms in total. The quantitative estimate of drug-likeness (QED) is 0.516. The van der Waals surface area contributed by atoms with Gasteiger partial charge in [-0.1, -0.05) is 24.1 Å². The highest BCUT2D eigenvalue weighted by molar-refractivity contribution is 5.35. The summed E-state index contributed by atoms with van der Waals surface area (Å²) in [5, 5.41) is 0. The summed E-state index contributed by atoms with van der Waals surface area (Å²) in [6.07, 6.45) is 15.3. The van der Waals surface area contributed by atoms with E-state index in [9.17, 15) is 0 Å². The summed E-state index contributed by atoms with van der Waals surface area (Å²) in [6.45, 7) is 3.81. The summed E-state index contributed by atoms with van der Waals surface area (Å²) in [6, 6.07) is 8.56. The molecular formula is C18H22. The fourth-order valence-electron chi connectivity index (χ4n) is 2.99. The first-order valence-corrected chi connectivity index (χ1v) is 7.01. The molecule has 1 aliphatic carbocycles. The normalized spacial score (nSPS) is 23.3. The van der Waals surface area contributed by atoms with E-state index in [-0.39, 0.29) is 0 Å². The van der Waals surface area contributed by atoms with Gasteiger partial charge in [0.2, 0.25) is 0 Å². The van der Waals surface area contributed by atoms with Crippen LogP contribution >= 0.6 is 0 Å². The minimum Gasteiger partial charge on any atom is -0.115 e. The van der Waals surface area contributed by atoms with E-state index in [2.05, 4.69) is 36.8 Å². The molecule has 1 fully saturated rings. The van der Waals surface area contributed by atoms with Gasteiger partial charge in [0, 0.05) is 5.56 Å². The minimum atomic E-state index is 0.747. The van der Waals surface area contributed by atoms with E-state index < -0.39 is 0 Å². The van der Waals surface area contributed by atoms with Crippen molar-refractivity contribution >= 4 is 0 Å². The van der Waals surface area contributed by atoms with Crippen molar-refractivity contribution in [3.63, 3.8) is 0 Å². The van der Waals surface area contributed by atoms with E-state index in [0.29, 0.717) is 0 Å². The van der Waals surface area contributed by atoms with Crippen LogP contribution < -0.4 is 0 Å². The van der Waals surface area contributed by atoms with E-state index in [1.807, 2.05) is 6.08 Å². The molecule has 1 saturated carbocycles. The first-order valence-electron chi connectivity index (χ1n) is 7.01. The van der Waals surface area contributed by atoms with Crippen LogP contribution in [0.3, 0.4) is 0 Å². The fraction of sp³-hybridized carbons (Fsp3) is 0.444. The third-order valence-electron chi connectivity index (χ3n) is 4.17. The van der Waals surface area contributed by atoms with Crippen LogP contribution in [0.5, 0.6) is 0 Å². The number of allylic oxidation sites excluding steroid dienone is 1. The van der Waals surface area contributed by atoms with Crippen molar-refractivity contribution in [2.45, 2.75) is 44.4 Å². The van der Waals surface area contributed by atoms with Crippen molar-refractivity contribution in [3.8, 4) is 12.3 Å². The lowest BCUT2D eigenvalue weighted by atomic mass is 9.77. The van der Waals surface area contributed by atoms with Gasteiger partial charge in [0.15, 0.2) is 0 Å². The molecule has 0 saturated heterocycles. The largest absolute Gasteiger partial charge is 0.115 e. The Morgan fingerprint density at radius 1 is 1.17 bits per heavy atom. The molecule has 0 amide bonds. The highest BCUT2D eigenvalue weighted by Crippen LogP contribution is 2.37. The van der Waals surface area contributed by atoms with E-state index >= 15 is 0 Å². The van der Waals surface area contributed by atoms with E-state index in [1.54, 1.807) is 0 Å². The maximum Gasteiger partial charge on any atom is 0.0242 e. The van der Waals surface area contributed by atoms with Crippen LogP contribution in [0.25, 0.3) is 0 Å². The van der Waals surface area contributed by atoms with E-state index in [0.717, 1.165) is 17.4 Å². The number of benzene rings is 1. The van der Waals surface area contributed by atoms with Gasteiger partial charge >= 0.3 is 0 Å². The Morgan fingerprint density at radius 2 is 1.83 bits per heavy atom. The molecule has 0 unspecified atom stereocenters. The molecule has 18 heavy (non-hydrogen) atoms. The van der Waals surface area contributed by atoms with E-state index in [4.69, 9.17) is 6.42 Å². The van der Waals surface area contributed by atoms with Crippen LogP contribution in [0.2, 0.25) is 0 Å². The van der Waals surface area contributed by atoms with Crippen molar-refractivity contribution in [2.24, 2.45) is 5.92 Å². The van der Waals surface area contributed by atoms with Crippen LogP contribution in [0.4, 0.5) is 0 Å². The fourth-order valence-corrected chi connectivity index (χ4v) is 2.99. The standard InChI is InChI=1S/C18H22/c1-3-5-6-16-9-13-18(14-10-16)17-11-7-15(4-2)8-12-17/h2-3,7-8,11-12,16,18H,1,5-6,9-10,13-14H2. The summed E-state index contributed by atoms with van der Waals surface area (Å²) >= 11 is 0. The molecule has 0 aliphatic heterocycles.